The molecule has 4 heteroatoms. The summed E-state index contributed by atoms with van der Waals surface area (Å²) in [5, 5.41) is 9.10. The van der Waals surface area contributed by atoms with Crippen LogP contribution in [-0.4, -0.2) is 23.9 Å². The topological polar surface area (TPSA) is 46.5 Å². The molecular weight excluding hydrogens is 248 g/mol. The number of rotatable bonds is 6. The molecule has 0 radical (unpaired) electrons. The minimum atomic E-state index is -0.777. The number of benzene rings is 1. The van der Waals surface area contributed by atoms with E-state index in [1.807, 2.05) is 12.1 Å². The number of hydrogen-bond acceptors (Lipinski definition) is 3. The third-order valence-electron chi connectivity index (χ3n) is 2.80. The second kappa shape index (κ2) is 6.14. The summed E-state index contributed by atoms with van der Waals surface area (Å²) in [5.74, 6) is 0.547. The van der Waals surface area contributed by atoms with Crippen molar-refractivity contribution in [1.29, 1.82) is 0 Å². The van der Waals surface area contributed by atoms with Crippen LogP contribution >= 0.6 is 11.8 Å². The lowest BCUT2D eigenvalue weighted by molar-refractivity contribution is -0.145. The van der Waals surface area contributed by atoms with Gasteiger partial charge in [-0.05, 0) is 38.0 Å². The summed E-state index contributed by atoms with van der Waals surface area (Å²) >= 11 is 1.53. The lowest BCUT2D eigenvalue weighted by atomic mass is 9.97. The summed E-state index contributed by atoms with van der Waals surface area (Å²) in [6, 6.07) is 6.04. The van der Waals surface area contributed by atoms with E-state index in [4.69, 9.17) is 9.84 Å². The Morgan fingerprint density at radius 1 is 1.44 bits per heavy atom. The van der Waals surface area contributed by atoms with Crippen LogP contribution in [0.5, 0.6) is 5.75 Å². The number of methoxy groups -OCH3 is 1. The molecule has 0 aliphatic rings. The number of carboxylic acids is 1. The fourth-order valence-electron chi connectivity index (χ4n) is 1.37. The molecule has 0 aliphatic heterocycles. The van der Waals surface area contributed by atoms with Crippen molar-refractivity contribution in [2.45, 2.75) is 32.1 Å². The smallest absolute Gasteiger partial charge is 0.309 e. The van der Waals surface area contributed by atoms with Crippen molar-refractivity contribution in [2.24, 2.45) is 5.41 Å². The van der Waals surface area contributed by atoms with E-state index in [9.17, 15) is 4.79 Å². The molecule has 0 bridgehead atoms. The van der Waals surface area contributed by atoms with E-state index < -0.39 is 11.4 Å². The van der Waals surface area contributed by atoms with E-state index in [1.54, 1.807) is 21.0 Å². The monoisotopic (exact) mass is 268 g/mol. The molecule has 0 unspecified atom stereocenters. The molecule has 18 heavy (non-hydrogen) atoms. The van der Waals surface area contributed by atoms with E-state index in [2.05, 4.69) is 13.0 Å². The molecule has 0 saturated carbocycles. The molecule has 0 aromatic heterocycles. The summed E-state index contributed by atoms with van der Waals surface area (Å²) in [5.41, 5.74) is 0.490. The number of aliphatic carboxylic acids is 1. The van der Waals surface area contributed by atoms with Gasteiger partial charge >= 0.3 is 5.97 Å². The summed E-state index contributed by atoms with van der Waals surface area (Å²) in [6.07, 6.45) is 0.958. The summed E-state index contributed by atoms with van der Waals surface area (Å²) in [7, 11) is 1.63. The van der Waals surface area contributed by atoms with Crippen molar-refractivity contribution in [2.75, 3.05) is 12.9 Å². The number of aryl methyl sites for hydroxylation is 1. The Balaban J connectivity index is 2.86. The number of hydrogen-bond donors (Lipinski definition) is 1. The van der Waals surface area contributed by atoms with Crippen LogP contribution in [0.25, 0.3) is 0 Å². The quantitative estimate of drug-likeness (QED) is 0.803. The standard InChI is InChI=1S/C14H20O3S/c1-5-10-6-7-11(17-4)12(8-10)18-9-14(2,3)13(15)16/h6-8H,5,9H2,1-4H3,(H,15,16). The van der Waals surface area contributed by atoms with Gasteiger partial charge in [-0.2, -0.15) is 0 Å². The first-order chi connectivity index (χ1) is 8.40. The zero-order valence-electron chi connectivity index (χ0n) is 11.3. The van der Waals surface area contributed by atoms with E-state index in [0.29, 0.717) is 5.75 Å². The summed E-state index contributed by atoms with van der Waals surface area (Å²) < 4.78 is 5.30. The van der Waals surface area contributed by atoms with E-state index in [0.717, 1.165) is 17.1 Å². The fraction of sp³-hybridized carbons (Fsp3) is 0.500. The Labute approximate surface area is 113 Å². The predicted octanol–water partition coefficient (Wildman–Crippen LogP) is 3.46. The van der Waals surface area contributed by atoms with Crippen LogP contribution in [0.15, 0.2) is 23.1 Å². The van der Waals surface area contributed by atoms with Gasteiger partial charge in [0.2, 0.25) is 0 Å². The van der Waals surface area contributed by atoms with Crippen LogP contribution < -0.4 is 4.74 Å². The maximum Gasteiger partial charge on any atom is 0.309 e. The highest BCUT2D eigenvalue weighted by Crippen LogP contribution is 2.34. The summed E-state index contributed by atoms with van der Waals surface area (Å²) in [6.45, 7) is 5.56. The van der Waals surface area contributed by atoms with E-state index >= 15 is 0 Å². The molecule has 1 N–H and O–H groups in total. The molecule has 1 aromatic rings. The average Bonchev–Trinajstić information content (AvgIpc) is 2.35. The van der Waals surface area contributed by atoms with Crippen molar-refractivity contribution >= 4 is 17.7 Å². The molecule has 0 aliphatic carbocycles. The second-order valence-corrected chi connectivity index (χ2v) is 5.83. The number of thioether (sulfide) groups is 1. The van der Waals surface area contributed by atoms with Gasteiger partial charge in [0, 0.05) is 10.6 Å². The van der Waals surface area contributed by atoms with Crippen LogP contribution in [0.3, 0.4) is 0 Å². The van der Waals surface area contributed by atoms with Crippen LogP contribution in [0, 0.1) is 5.41 Å². The lowest BCUT2D eigenvalue weighted by Crippen LogP contribution is -2.26. The minimum absolute atomic E-state index is 0.520. The highest BCUT2D eigenvalue weighted by molar-refractivity contribution is 7.99. The fourth-order valence-corrected chi connectivity index (χ4v) is 2.54. The third-order valence-corrected chi connectivity index (χ3v) is 4.30. The Bertz CT molecular complexity index is 427. The predicted molar refractivity (Wildman–Crippen MR) is 74.5 cm³/mol. The minimum Gasteiger partial charge on any atom is -0.496 e. The first kappa shape index (κ1) is 14.9. The second-order valence-electron chi connectivity index (χ2n) is 4.82. The van der Waals surface area contributed by atoms with Crippen LogP contribution in [0.4, 0.5) is 0 Å². The van der Waals surface area contributed by atoms with Crippen molar-refractivity contribution in [1.82, 2.24) is 0 Å². The van der Waals surface area contributed by atoms with Crippen molar-refractivity contribution in [3.8, 4) is 5.75 Å². The van der Waals surface area contributed by atoms with Crippen LogP contribution in [0.2, 0.25) is 0 Å². The molecule has 3 nitrogen and oxygen atoms in total. The zero-order valence-corrected chi connectivity index (χ0v) is 12.1. The third kappa shape index (κ3) is 3.67. The molecule has 0 heterocycles. The van der Waals surface area contributed by atoms with Crippen molar-refractivity contribution in [3.63, 3.8) is 0 Å². The Kier molecular flexibility index (Phi) is 5.08. The SMILES string of the molecule is CCc1ccc(OC)c(SCC(C)(C)C(=O)O)c1. The van der Waals surface area contributed by atoms with Gasteiger partial charge in [0.15, 0.2) is 0 Å². The Hall–Kier alpha value is -1.16. The molecule has 0 amide bonds. The number of ether oxygens (including phenoxy) is 1. The molecule has 100 valence electrons. The summed E-state index contributed by atoms with van der Waals surface area (Å²) in [4.78, 5) is 12.1. The molecule has 1 rings (SSSR count). The molecule has 1 aromatic carbocycles. The number of carbonyl (C=O) groups is 1. The lowest BCUT2D eigenvalue weighted by Gasteiger charge is -2.19. The van der Waals surface area contributed by atoms with Gasteiger partial charge in [-0.1, -0.05) is 13.0 Å². The zero-order chi connectivity index (χ0) is 13.8. The van der Waals surface area contributed by atoms with Gasteiger partial charge in [-0.3, -0.25) is 4.79 Å². The van der Waals surface area contributed by atoms with Gasteiger partial charge in [0.05, 0.1) is 12.5 Å². The number of carboxylic acid groups (broad SMARTS) is 1. The average molecular weight is 268 g/mol. The van der Waals surface area contributed by atoms with Crippen molar-refractivity contribution < 1.29 is 14.6 Å². The molecular formula is C14H20O3S. The first-order valence-corrected chi connectivity index (χ1v) is 6.92. The van der Waals surface area contributed by atoms with Gasteiger partial charge < -0.3 is 9.84 Å². The van der Waals surface area contributed by atoms with E-state index in [-0.39, 0.29) is 0 Å². The molecule has 0 fully saturated rings. The van der Waals surface area contributed by atoms with Crippen molar-refractivity contribution in [3.05, 3.63) is 23.8 Å². The van der Waals surface area contributed by atoms with Gasteiger partial charge in [0.25, 0.3) is 0 Å². The Morgan fingerprint density at radius 2 is 2.11 bits per heavy atom. The van der Waals surface area contributed by atoms with Gasteiger partial charge in [0.1, 0.15) is 5.75 Å². The molecule has 0 spiro atoms. The first-order valence-electron chi connectivity index (χ1n) is 5.94. The molecule has 0 saturated heterocycles. The maximum atomic E-state index is 11.1. The highest BCUT2D eigenvalue weighted by Gasteiger charge is 2.27. The largest absolute Gasteiger partial charge is 0.496 e. The maximum absolute atomic E-state index is 11.1. The normalized spacial score (nSPS) is 11.3. The van der Waals surface area contributed by atoms with Crippen LogP contribution in [-0.2, 0) is 11.2 Å². The van der Waals surface area contributed by atoms with E-state index in [1.165, 1.54) is 17.3 Å². The van der Waals surface area contributed by atoms with Crippen LogP contribution in [0.1, 0.15) is 26.3 Å². The highest BCUT2D eigenvalue weighted by atomic mass is 32.2. The molecule has 0 atom stereocenters. The van der Waals surface area contributed by atoms with Gasteiger partial charge in [-0.25, -0.2) is 0 Å². The Morgan fingerprint density at radius 3 is 2.61 bits per heavy atom. The van der Waals surface area contributed by atoms with Gasteiger partial charge in [-0.15, -0.1) is 11.8 Å².